The average Bonchev–Trinajstić information content (AvgIpc) is 3.37. The number of hydrogen-bond acceptors (Lipinski definition) is 4. The minimum atomic E-state index is -0.886. The van der Waals surface area contributed by atoms with E-state index < -0.39 is 17.4 Å². The van der Waals surface area contributed by atoms with Crippen LogP contribution >= 0.6 is 0 Å². The van der Waals surface area contributed by atoms with Crippen LogP contribution in [-0.2, 0) is 9.59 Å². The van der Waals surface area contributed by atoms with E-state index in [1.807, 2.05) is 17.0 Å². The number of benzene rings is 1. The molecule has 5 aliphatic rings. The van der Waals surface area contributed by atoms with Crippen LogP contribution in [0.3, 0.4) is 0 Å². The molecule has 9 atom stereocenters. The van der Waals surface area contributed by atoms with Crippen molar-refractivity contribution < 1.29 is 24.6 Å². The molecule has 52 heavy (non-hydrogen) atoms. The van der Waals surface area contributed by atoms with Gasteiger partial charge in [-0.15, -0.1) is 0 Å². The van der Waals surface area contributed by atoms with Crippen molar-refractivity contribution in [2.45, 2.75) is 119 Å². The monoisotopic (exact) mass is 714 g/mol. The molecule has 1 amide bonds. The molecule has 286 valence electrons. The predicted molar refractivity (Wildman–Crippen MR) is 208 cm³/mol. The van der Waals surface area contributed by atoms with E-state index >= 15 is 0 Å². The highest BCUT2D eigenvalue weighted by Gasteiger charge is 2.68. The second-order valence-electron chi connectivity index (χ2n) is 19.2. The number of hydrogen-bond donors (Lipinski definition) is 3. The van der Waals surface area contributed by atoms with Gasteiger partial charge in [-0.05, 0) is 159 Å². The van der Waals surface area contributed by atoms with Crippen LogP contribution in [0, 0.1) is 56.7 Å². The number of amides is 1. The maximum absolute atomic E-state index is 14.6. The summed E-state index contributed by atoms with van der Waals surface area (Å²) < 4.78 is 0. The highest BCUT2D eigenvalue weighted by atomic mass is 16.4. The van der Waals surface area contributed by atoms with E-state index in [0.29, 0.717) is 48.9 Å². The highest BCUT2D eigenvalue weighted by Crippen LogP contribution is 2.74. The van der Waals surface area contributed by atoms with Crippen molar-refractivity contribution in [1.29, 1.82) is 0 Å². The van der Waals surface area contributed by atoms with Crippen LogP contribution in [0.1, 0.15) is 135 Å². The third-order valence-corrected chi connectivity index (χ3v) is 16.4. The normalized spacial score (nSPS) is 37.8. The van der Waals surface area contributed by atoms with Crippen molar-refractivity contribution in [1.82, 2.24) is 10.2 Å². The predicted octanol–water partition coefficient (Wildman–Crippen LogP) is 9.34. The number of fused-ring (bicyclic) bond motifs is 8. The maximum atomic E-state index is 14.6. The van der Waals surface area contributed by atoms with Crippen LogP contribution in [-0.4, -0.2) is 59.1 Å². The van der Waals surface area contributed by atoms with Gasteiger partial charge in [-0.2, -0.15) is 0 Å². The SMILES string of the molecule is C=C(C)C1CCC2(C(=O)NCCN(CCC)CC(=O)O)CCC3(C)C(CCC4CC3(C)CCC3C(C)(C)C(c5ccc(C(=O)O)cc5)=CCC43C)C12. The second kappa shape index (κ2) is 14.0. The lowest BCUT2D eigenvalue weighted by Gasteiger charge is -2.60. The van der Waals surface area contributed by atoms with Crippen molar-refractivity contribution in [3.8, 4) is 0 Å². The molecular formula is C45H66N2O5. The fourth-order valence-electron chi connectivity index (χ4n) is 13.5. The van der Waals surface area contributed by atoms with Gasteiger partial charge >= 0.3 is 11.9 Å². The quantitative estimate of drug-likeness (QED) is 0.197. The summed E-state index contributed by atoms with van der Waals surface area (Å²) in [6.07, 6.45) is 14.3. The van der Waals surface area contributed by atoms with Crippen LogP contribution in [0.15, 0.2) is 42.5 Å². The largest absolute Gasteiger partial charge is 0.480 e. The Labute approximate surface area is 313 Å². The minimum Gasteiger partial charge on any atom is -0.480 e. The summed E-state index contributed by atoms with van der Waals surface area (Å²) in [5, 5.41) is 22.3. The maximum Gasteiger partial charge on any atom is 0.335 e. The van der Waals surface area contributed by atoms with Gasteiger partial charge in [0.2, 0.25) is 5.91 Å². The van der Waals surface area contributed by atoms with Gasteiger partial charge in [-0.3, -0.25) is 14.5 Å². The Hall–Kier alpha value is -2.93. The first-order valence-corrected chi connectivity index (χ1v) is 20.4. The molecule has 0 saturated heterocycles. The zero-order valence-electron chi connectivity index (χ0n) is 33.2. The molecule has 2 bridgehead atoms. The van der Waals surface area contributed by atoms with E-state index in [1.54, 1.807) is 12.1 Å². The molecule has 4 fully saturated rings. The number of carboxylic acids is 2. The van der Waals surface area contributed by atoms with Gasteiger partial charge in [0.1, 0.15) is 0 Å². The van der Waals surface area contributed by atoms with E-state index in [2.05, 4.69) is 66.4 Å². The van der Waals surface area contributed by atoms with Gasteiger partial charge in [0.15, 0.2) is 0 Å². The van der Waals surface area contributed by atoms with Gasteiger partial charge in [0.05, 0.1) is 17.5 Å². The van der Waals surface area contributed by atoms with Crippen molar-refractivity contribution in [2.24, 2.45) is 56.7 Å². The summed E-state index contributed by atoms with van der Waals surface area (Å²) in [5.41, 5.74) is 4.05. The number of nitrogens with one attached hydrogen (secondary N) is 1. The molecule has 0 radical (unpaired) electrons. The molecule has 1 aromatic rings. The van der Waals surface area contributed by atoms with Crippen molar-refractivity contribution in [2.75, 3.05) is 26.2 Å². The smallest absolute Gasteiger partial charge is 0.335 e. The summed E-state index contributed by atoms with van der Waals surface area (Å²) in [4.78, 5) is 39.6. The number of carbonyl (C=O) groups excluding carboxylic acids is 1. The van der Waals surface area contributed by atoms with Crippen LogP contribution < -0.4 is 5.32 Å². The van der Waals surface area contributed by atoms with E-state index in [4.69, 9.17) is 0 Å². The summed E-state index contributed by atoms with van der Waals surface area (Å²) in [6, 6.07) is 7.52. The van der Waals surface area contributed by atoms with E-state index in [-0.39, 0.29) is 40.0 Å². The third-order valence-electron chi connectivity index (χ3n) is 16.4. The first kappa shape index (κ1) is 38.8. The van der Waals surface area contributed by atoms with Crippen LogP contribution in [0.4, 0.5) is 0 Å². The Kier molecular flexibility index (Phi) is 10.5. The molecule has 7 nitrogen and oxygen atoms in total. The molecule has 6 rings (SSSR count). The third kappa shape index (κ3) is 6.29. The van der Waals surface area contributed by atoms with Crippen LogP contribution in [0.2, 0.25) is 0 Å². The van der Waals surface area contributed by atoms with Crippen molar-refractivity contribution in [3.05, 3.63) is 53.6 Å². The first-order chi connectivity index (χ1) is 24.4. The Morgan fingerprint density at radius 3 is 2.27 bits per heavy atom. The summed E-state index contributed by atoms with van der Waals surface area (Å²) in [6.45, 7) is 23.2. The number of allylic oxidation sites excluding steroid dienone is 3. The lowest BCUT2D eigenvalue weighted by Crippen LogP contribution is -2.58. The summed E-state index contributed by atoms with van der Waals surface area (Å²) >= 11 is 0. The van der Waals surface area contributed by atoms with Crippen molar-refractivity contribution in [3.63, 3.8) is 0 Å². The van der Waals surface area contributed by atoms with E-state index in [0.717, 1.165) is 50.5 Å². The zero-order chi connectivity index (χ0) is 37.9. The number of aromatic carboxylic acids is 1. The second-order valence-corrected chi connectivity index (χ2v) is 19.2. The van der Waals surface area contributed by atoms with E-state index in [1.165, 1.54) is 36.8 Å². The Morgan fingerprint density at radius 2 is 1.63 bits per heavy atom. The fourth-order valence-corrected chi connectivity index (χ4v) is 13.5. The van der Waals surface area contributed by atoms with Gasteiger partial charge < -0.3 is 15.5 Å². The van der Waals surface area contributed by atoms with Gasteiger partial charge in [-0.1, -0.05) is 71.9 Å². The molecule has 3 N–H and O–H groups in total. The number of rotatable bonds is 11. The number of carbonyl (C=O) groups is 3. The summed E-state index contributed by atoms with van der Waals surface area (Å²) in [7, 11) is 0. The number of aliphatic carboxylic acids is 1. The summed E-state index contributed by atoms with van der Waals surface area (Å²) in [5.74, 6) is 0.658. The molecule has 7 heteroatoms. The molecule has 5 aliphatic carbocycles. The van der Waals surface area contributed by atoms with Gasteiger partial charge in [0.25, 0.3) is 0 Å². The Morgan fingerprint density at radius 1 is 0.923 bits per heavy atom. The average molecular weight is 715 g/mol. The fraction of sp³-hybridized carbons (Fsp3) is 0.711. The van der Waals surface area contributed by atoms with E-state index in [9.17, 15) is 24.6 Å². The van der Waals surface area contributed by atoms with Crippen molar-refractivity contribution >= 4 is 23.4 Å². The lowest BCUT2D eigenvalue weighted by molar-refractivity contribution is -0.152. The van der Waals surface area contributed by atoms with Gasteiger partial charge in [0, 0.05) is 13.1 Å². The van der Waals surface area contributed by atoms with Crippen LogP contribution in [0.25, 0.3) is 5.57 Å². The lowest BCUT2D eigenvalue weighted by atomic mass is 9.44. The van der Waals surface area contributed by atoms with Crippen LogP contribution in [0.5, 0.6) is 0 Å². The molecule has 0 spiro atoms. The minimum absolute atomic E-state index is 0.00331. The zero-order valence-corrected chi connectivity index (χ0v) is 33.2. The molecule has 0 aliphatic heterocycles. The standard InChI is InChI=1S/C45H66N2O5/c1-9-25-47(28-37(48)49)26-24-46-40(52)45-21-16-33(29(2)3)38(45)35-15-14-32-27-42(6,44(35,8)22-23-45)19-18-36-41(4,5)34(17-20-43(32,36)7)30-10-12-31(13-11-30)39(50)51/h10-13,17,32-33,35-36,38H,2,9,14-16,18-28H2,1,3-8H3,(H,46,52)(H,48,49)(H,50,51). The molecule has 4 saturated carbocycles. The highest BCUT2D eigenvalue weighted by molar-refractivity contribution is 5.88. The topological polar surface area (TPSA) is 107 Å². The molecule has 1 aromatic carbocycles. The molecule has 0 aromatic heterocycles. The number of nitrogens with zero attached hydrogens (tertiary/aromatic N) is 1. The van der Waals surface area contributed by atoms with Gasteiger partial charge in [-0.25, -0.2) is 4.79 Å². The first-order valence-electron chi connectivity index (χ1n) is 20.4. The molecule has 9 unspecified atom stereocenters. The Balaban J connectivity index is 1.29. The molecule has 0 heterocycles. The molecular weight excluding hydrogens is 649 g/mol. The number of carboxylic acid groups (broad SMARTS) is 2. The Bertz CT molecular complexity index is 1600.